The Labute approximate surface area is 138 Å². The number of nitrogens with one attached hydrogen (secondary N) is 1. The molecule has 0 saturated heterocycles. The second-order valence-corrected chi connectivity index (χ2v) is 5.83. The third kappa shape index (κ3) is 2.03. The van der Waals surface area contributed by atoms with Crippen molar-refractivity contribution in [2.45, 2.75) is 12.8 Å². The minimum absolute atomic E-state index is 0.0913. The van der Waals surface area contributed by atoms with E-state index in [4.69, 9.17) is 9.47 Å². The van der Waals surface area contributed by atoms with Crippen molar-refractivity contribution in [3.05, 3.63) is 51.6 Å². The van der Waals surface area contributed by atoms with Crippen LogP contribution in [-0.4, -0.2) is 24.1 Å². The summed E-state index contributed by atoms with van der Waals surface area (Å²) in [7, 11) is 3.24. The van der Waals surface area contributed by atoms with E-state index in [9.17, 15) is 10.1 Å². The van der Waals surface area contributed by atoms with Gasteiger partial charge in [-0.25, -0.2) is 0 Å². The van der Waals surface area contributed by atoms with Gasteiger partial charge in [-0.15, -0.1) is 0 Å². The number of non-ortho nitro benzene ring substituents is 1. The predicted molar refractivity (Wildman–Crippen MR) is 90.9 cm³/mol. The number of aryl methyl sites for hydroxylation is 2. The molecule has 0 radical (unpaired) electrons. The van der Waals surface area contributed by atoms with Crippen LogP contribution in [0, 0.1) is 10.1 Å². The van der Waals surface area contributed by atoms with E-state index in [2.05, 4.69) is 4.98 Å². The zero-order chi connectivity index (χ0) is 16.8. The van der Waals surface area contributed by atoms with Crippen LogP contribution in [0.1, 0.15) is 11.1 Å². The summed E-state index contributed by atoms with van der Waals surface area (Å²) < 4.78 is 10.8. The van der Waals surface area contributed by atoms with E-state index in [-0.39, 0.29) is 10.6 Å². The van der Waals surface area contributed by atoms with Gasteiger partial charge in [0, 0.05) is 23.1 Å². The number of aromatic amines is 1. The van der Waals surface area contributed by atoms with Crippen molar-refractivity contribution >= 4 is 16.6 Å². The molecule has 0 atom stereocenters. The van der Waals surface area contributed by atoms with Crippen molar-refractivity contribution in [2.75, 3.05) is 14.2 Å². The molecule has 6 heteroatoms. The van der Waals surface area contributed by atoms with E-state index in [0.29, 0.717) is 11.5 Å². The van der Waals surface area contributed by atoms with Crippen molar-refractivity contribution in [1.82, 2.24) is 4.98 Å². The quantitative estimate of drug-likeness (QED) is 0.586. The van der Waals surface area contributed by atoms with Gasteiger partial charge in [-0.3, -0.25) is 10.1 Å². The average Bonchev–Trinajstić information content (AvgIpc) is 2.98. The van der Waals surface area contributed by atoms with Crippen molar-refractivity contribution in [2.24, 2.45) is 0 Å². The first kappa shape index (κ1) is 14.6. The first-order valence-electron chi connectivity index (χ1n) is 7.66. The average molecular weight is 324 g/mol. The largest absolute Gasteiger partial charge is 0.493 e. The molecule has 0 bridgehead atoms. The number of rotatable bonds is 3. The summed E-state index contributed by atoms with van der Waals surface area (Å²) in [5, 5.41) is 12.0. The lowest BCUT2D eigenvalue weighted by Gasteiger charge is -2.19. The summed E-state index contributed by atoms with van der Waals surface area (Å²) >= 11 is 0. The summed E-state index contributed by atoms with van der Waals surface area (Å²) in [4.78, 5) is 14.0. The molecule has 1 aromatic heterocycles. The summed E-state index contributed by atoms with van der Waals surface area (Å²) in [6.45, 7) is 0. The smallest absolute Gasteiger partial charge is 0.271 e. The Bertz CT molecular complexity index is 975. The summed E-state index contributed by atoms with van der Waals surface area (Å²) in [6, 6.07) is 8.95. The Morgan fingerprint density at radius 2 is 1.83 bits per heavy atom. The van der Waals surface area contributed by atoms with E-state index < -0.39 is 0 Å². The maximum Gasteiger partial charge on any atom is 0.271 e. The van der Waals surface area contributed by atoms with Gasteiger partial charge in [0.05, 0.1) is 30.4 Å². The second-order valence-electron chi connectivity index (χ2n) is 5.83. The van der Waals surface area contributed by atoms with Crippen LogP contribution in [0.2, 0.25) is 0 Å². The fourth-order valence-electron chi connectivity index (χ4n) is 3.47. The molecule has 0 aliphatic heterocycles. The Kier molecular flexibility index (Phi) is 3.19. The molecule has 122 valence electrons. The first-order chi connectivity index (χ1) is 11.6. The van der Waals surface area contributed by atoms with Gasteiger partial charge in [-0.05, 0) is 42.2 Å². The van der Waals surface area contributed by atoms with Crippen LogP contribution in [-0.2, 0) is 12.8 Å². The summed E-state index contributed by atoms with van der Waals surface area (Å²) in [5.74, 6) is 1.39. The molecule has 2 aromatic carbocycles. The number of fused-ring (bicyclic) bond motifs is 5. The Morgan fingerprint density at radius 3 is 2.54 bits per heavy atom. The van der Waals surface area contributed by atoms with Gasteiger partial charge < -0.3 is 14.5 Å². The molecule has 0 fully saturated rings. The van der Waals surface area contributed by atoms with Gasteiger partial charge in [0.25, 0.3) is 5.69 Å². The van der Waals surface area contributed by atoms with Crippen LogP contribution in [0.4, 0.5) is 5.69 Å². The zero-order valence-electron chi connectivity index (χ0n) is 13.4. The standard InChI is InChI=1S/C18H16N2O4/c1-23-16-7-10-3-5-13-12-6-4-11(20(21)22)8-15(12)19-18(13)14(10)9-17(16)24-2/h4,6-9,19H,3,5H2,1-2H3. The lowest BCUT2D eigenvalue weighted by Crippen LogP contribution is -2.04. The SMILES string of the molecule is COc1cc2c(cc1OC)-c1[nH]c3cc([N+](=O)[O-])ccc3c1CC2. The van der Waals surface area contributed by atoms with Gasteiger partial charge in [0.2, 0.25) is 0 Å². The van der Waals surface area contributed by atoms with Crippen LogP contribution in [0.5, 0.6) is 11.5 Å². The van der Waals surface area contributed by atoms with Crippen LogP contribution in [0.15, 0.2) is 30.3 Å². The Hall–Kier alpha value is -3.02. The highest BCUT2D eigenvalue weighted by Crippen LogP contribution is 2.42. The molecule has 1 aliphatic rings. The van der Waals surface area contributed by atoms with Crippen LogP contribution in [0.25, 0.3) is 22.2 Å². The molecule has 1 aliphatic carbocycles. The highest BCUT2D eigenvalue weighted by Gasteiger charge is 2.23. The van der Waals surface area contributed by atoms with Gasteiger partial charge in [-0.1, -0.05) is 0 Å². The molecule has 0 saturated carbocycles. The molecule has 1 heterocycles. The number of nitrogens with zero attached hydrogens (tertiary/aromatic N) is 1. The van der Waals surface area contributed by atoms with Crippen LogP contribution in [0.3, 0.4) is 0 Å². The monoisotopic (exact) mass is 324 g/mol. The van der Waals surface area contributed by atoms with E-state index in [1.165, 1.54) is 11.1 Å². The van der Waals surface area contributed by atoms with Crippen molar-refractivity contribution in [3.8, 4) is 22.8 Å². The van der Waals surface area contributed by atoms with E-state index >= 15 is 0 Å². The molecule has 0 amide bonds. The van der Waals surface area contributed by atoms with E-state index in [1.807, 2.05) is 18.2 Å². The Balaban J connectivity index is 1.94. The van der Waals surface area contributed by atoms with Gasteiger partial charge >= 0.3 is 0 Å². The third-order valence-electron chi connectivity index (χ3n) is 4.62. The zero-order valence-corrected chi connectivity index (χ0v) is 13.4. The number of nitro groups is 1. The second kappa shape index (κ2) is 5.26. The van der Waals surface area contributed by atoms with E-state index in [1.54, 1.807) is 26.4 Å². The minimum Gasteiger partial charge on any atom is -0.493 e. The summed E-state index contributed by atoms with van der Waals surface area (Å²) in [6.07, 6.45) is 1.78. The third-order valence-corrected chi connectivity index (χ3v) is 4.62. The number of H-pyrrole nitrogens is 1. The van der Waals surface area contributed by atoms with Gasteiger partial charge in [-0.2, -0.15) is 0 Å². The number of nitro benzene ring substituents is 1. The molecular weight excluding hydrogens is 308 g/mol. The molecule has 1 N–H and O–H groups in total. The van der Waals surface area contributed by atoms with Crippen molar-refractivity contribution < 1.29 is 14.4 Å². The topological polar surface area (TPSA) is 77.4 Å². The number of hydrogen-bond donors (Lipinski definition) is 1. The Morgan fingerprint density at radius 1 is 1.08 bits per heavy atom. The number of aromatic nitrogens is 1. The highest BCUT2D eigenvalue weighted by atomic mass is 16.6. The fraction of sp³-hybridized carbons (Fsp3) is 0.222. The molecule has 0 unspecified atom stereocenters. The highest BCUT2D eigenvalue weighted by molar-refractivity contribution is 5.93. The maximum atomic E-state index is 11.0. The molecular formula is C18H16N2O4. The van der Waals surface area contributed by atoms with E-state index in [0.717, 1.165) is 35.0 Å². The fourth-order valence-corrected chi connectivity index (χ4v) is 3.47. The lowest BCUT2D eigenvalue weighted by molar-refractivity contribution is -0.384. The molecule has 3 aromatic rings. The summed E-state index contributed by atoms with van der Waals surface area (Å²) in [5.41, 5.74) is 5.33. The maximum absolute atomic E-state index is 11.0. The molecule has 6 nitrogen and oxygen atoms in total. The number of hydrogen-bond acceptors (Lipinski definition) is 4. The lowest BCUT2D eigenvalue weighted by atomic mass is 9.88. The number of ether oxygens (including phenoxy) is 2. The van der Waals surface area contributed by atoms with Crippen LogP contribution >= 0.6 is 0 Å². The first-order valence-corrected chi connectivity index (χ1v) is 7.66. The number of methoxy groups -OCH3 is 2. The molecule has 0 spiro atoms. The van der Waals surface area contributed by atoms with Gasteiger partial charge in [0.15, 0.2) is 11.5 Å². The van der Waals surface area contributed by atoms with Gasteiger partial charge in [0.1, 0.15) is 0 Å². The minimum atomic E-state index is -0.374. The van der Waals surface area contributed by atoms with Crippen molar-refractivity contribution in [3.63, 3.8) is 0 Å². The van der Waals surface area contributed by atoms with Crippen molar-refractivity contribution in [1.29, 1.82) is 0 Å². The predicted octanol–water partition coefficient (Wildman–Crippen LogP) is 3.86. The number of benzene rings is 2. The molecule has 4 rings (SSSR count). The normalized spacial score (nSPS) is 12.6. The molecule has 24 heavy (non-hydrogen) atoms. The van der Waals surface area contributed by atoms with Crippen LogP contribution < -0.4 is 9.47 Å².